The summed E-state index contributed by atoms with van der Waals surface area (Å²) in [5.74, 6) is -5.53. The van der Waals surface area contributed by atoms with Gasteiger partial charge in [0.1, 0.15) is 17.9 Å². The van der Waals surface area contributed by atoms with Crippen LogP contribution in [0.3, 0.4) is 0 Å². The van der Waals surface area contributed by atoms with Crippen molar-refractivity contribution in [2.45, 2.75) is 174 Å². The van der Waals surface area contributed by atoms with Gasteiger partial charge >= 0.3 is 5.97 Å². The van der Waals surface area contributed by atoms with Gasteiger partial charge in [0.05, 0.1) is 24.4 Å². The Morgan fingerprint density at radius 1 is 0.912 bits per heavy atom. The Hall–Kier alpha value is -2.96. The van der Waals surface area contributed by atoms with Gasteiger partial charge in [-0.1, -0.05) is 64.2 Å². The van der Waals surface area contributed by atoms with Crippen LogP contribution in [-0.4, -0.2) is 99.7 Å². The number of hydrogen-bond donors (Lipinski definition) is 3. The van der Waals surface area contributed by atoms with Gasteiger partial charge < -0.3 is 34.4 Å². The van der Waals surface area contributed by atoms with Gasteiger partial charge in [-0.05, 0) is 113 Å². The lowest BCUT2D eigenvalue weighted by atomic mass is 9.80. The largest absolute Gasteiger partial charge is 0.460 e. The van der Waals surface area contributed by atoms with Gasteiger partial charge in [0, 0.05) is 44.8 Å². The maximum Gasteiger partial charge on any atom is 0.329 e. The first-order valence-electron chi connectivity index (χ1n) is 21.6. The van der Waals surface area contributed by atoms with Crippen molar-refractivity contribution in [3.8, 4) is 0 Å². The lowest BCUT2D eigenvalue weighted by Crippen LogP contribution is -2.61. The van der Waals surface area contributed by atoms with E-state index in [4.69, 9.17) is 14.2 Å². The number of methoxy groups -OCH3 is 1. The molecular weight excluding hydrogens is 727 g/mol. The van der Waals surface area contributed by atoms with Gasteiger partial charge in [-0.25, -0.2) is 4.79 Å². The predicted molar refractivity (Wildman–Crippen MR) is 219 cm³/mol. The van der Waals surface area contributed by atoms with Gasteiger partial charge in [-0.2, -0.15) is 0 Å². The van der Waals surface area contributed by atoms with Crippen molar-refractivity contribution >= 4 is 23.4 Å². The number of hydrogen-bond acceptors (Lipinski definition) is 10. The number of esters is 1. The molecule has 4 aliphatic rings. The van der Waals surface area contributed by atoms with E-state index in [2.05, 4.69) is 6.92 Å². The van der Waals surface area contributed by atoms with Crippen LogP contribution in [0.5, 0.6) is 0 Å². The summed E-state index contributed by atoms with van der Waals surface area (Å²) in [6.07, 6.45) is 16.7. The highest BCUT2D eigenvalue weighted by atomic mass is 16.6. The van der Waals surface area contributed by atoms with Gasteiger partial charge in [0.15, 0.2) is 0 Å². The predicted octanol–water partition coefficient (Wildman–Crippen LogP) is 6.73. The monoisotopic (exact) mass is 798 g/mol. The minimum Gasteiger partial charge on any atom is -0.460 e. The van der Waals surface area contributed by atoms with Crippen LogP contribution in [0.2, 0.25) is 0 Å². The molecule has 2 saturated heterocycles. The highest BCUT2D eigenvalue weighted by Crippen LogP contribution is 2.37. The Balaban J connectivity index is 1.64. The summed E-state index contributed by atoms with van der Waals surface area (Å²) in [6.45, 7) is 11.6. The molecule has 3 heterocycles. The number of Topliss-reactive ketones (excluding diaryl/α,β-unsaturated/α-hetero) is 2. The molecule has 0 aromatic carbocycles. The minimum atomic E-state index is -2.36. The van der Waals surface area contributed by atoms with Gasteiger partial charge in [0.2, 0.25) is 5.79 Å². The van der Waals surface area contributed by atoms with Crippen LogP contribution in [0.25, 0.3) is 0 Å². The molecule has 11 heteroatoms. The Bertz CT molecular complexity index is 1490. The van der Waals surface area contributed by atoms with Crippen LogP contribution in [0.1, 0.15) is 131 Å². The Labute approximate surface area is 341 Å². The van der Waals surface area contributed by atoms with E-state index in [0.29, 0.717) is 62.9 Å². The second kappa shape index (κ2) is 21.9. The first-order chi connectivity index (χ1) is 27.0. The minimum absolute atomic E-state index is 0.0162. The van der Waals surface area contributed by atoms with E-state index in [-0.39, 0.29) is 48.7 Å². The van der Waals surface area contributed by atoms with Crippen molar-refractivity contribution in [2.24, 2.45) is 29.6 Å². The maximum absolute atomic E-state index is 14.1. The Morgan fingerprint density at radius 3 is 2.33 bits per heavy atom. The molecule has 2 bridgehead atoms. The number of carbonyl (C=O) groups is 4. The number of nitrogens with zero attached hydrogens (tertiary/aromatic N) is 1. The van der Waals surface area contributed by atoms with Crippen LogP contribution in [0.4, 0.5) is 0 Å². The van der Waals surface area contributed by atoms with E-state index in [1.807, 2.05) is 57.2 Å². The summed E-state index contributed by atoms with van der Waals surface area (Å²) < 4.78 is 18.2. The van der Waals surface area contributed by atoms with Crippen molar-refractivity contribution in [3.05, 3.63) is 47.6 Å². The normalized spacial score (nSPS) is 40.0. The summed E-state index contributed by atoms with van der Waals surface area (Å²) in [7, 11) is 1.60. The molecule has 1 amide bonds. The number of rotatable bonds is 4. The Morgan fingerprint density at radius 2 is 1.63 bits per heavy atom. The number of fused-ring (bicyclic) bond motifs is 3. The third kappa shape index (κ3) is 13.0. The van der Waals surface area contributed by atoms with Crippen molar-refractivity contribution in [1.82, 2.24) is 4.90 Å². The molecule has 4 rings (SSSR count). The second-order valence-corrected chi connectivity index (χ2v) is 17.7. The topological polar surface area (TPSA) is 160 Å². The fourth-order valence-corrected chi connectivity index (χ4v) is 8.99. The maximum atomic E-state index is 14.1. The summed E-state index contributed by atoms with van der Waals surface area (Å²) >= 11 is 0. The molecule has 3 N–H and O–H groups in total. The summed E-state index contributed by atoms with van der Waals surface area (Å²) in [5, 5.41) is 33.1. The molecule has 0 spiro atoms. The summed E-state index contributed by atoms with van der Waals surface area (Å²) in [5.41, 5.74) is 1.54. The quantitative estimate of drug-likeness (QED) is 0.158. The van der Waals surface area contributed by atoms with E-state index in [1.54, 1.807) is 21.0 Å². The number of piperidine rings is 1. The summed E-state index contributed by atoms with van der Waals surface area (Å²) in [4.78, 5) is 56.8. The third-order valence-corrected chi connectivity index (χ3v) is 13.1. The van der Waals surface area contributed by atoms with E-state index < -0.39 is 53.7 Å². The van der Waals surface area contributed by atoms with Crippen LogP contribution in [-0.2, 0) is 33.4 Å². The first kappa shape index (κ1) is 46.7. The lowest BCUT2D eigenvalue weighted by molar-refractivity contribution is -0.265. The first-order valence-corrected chi connectivity index (χ1v) is 21.6. The molecule has 0 aromatic rings. The molecule has 3 aliphatic heterocycles. The zero-order chi connectivity index (χ0) is 41.9. The van der Waals surface area contributed by atoms with Gasteiger partial charge in [0.25, 0.3) is 11.7 Å². The number of cyclic esters (lactones) is 1. The lowest BCUT2D eigenvalue weighted by Gasteiger charge is -2.42. The molecule has 1 aliphatic carbocycles. The number of ketones is 2. The molecule has 320 valence electrons. The molecule has 3 fully saturated rings. The van der Waals surface area contributed by atoms with Crippen molar-refractivity contribution < 1.29 is 48.7 Å². The van der Waals surface area contributed by atoms with Crippen LogP contribution < -0.4 is 0 Å². The van der Waals surface area contributed by atoms with E-state index in [0.717, 1.165) is 37.7 Å². The molecular formula is C46H71NO10. The highest BCUT2D eigenvalue weighted by Gasteiger charge is 2.53. The van der Waals surface area contributed by atoms with Crippen LogP contribution in [0, 0.1) is 29.6 Å². The molecule has 1 unspecified atom stereocenters. The molecule has 0 radical (unpaired) electrons. The zero-order valence-electron chi connectivity index (χ0n) is 35.6. The van der Waals surface area contributed by atoms with Gasteiger partial charge in [-0.3, -0.25) is 14.4 Å². The average Bonchev–Trinajstić information content (AvgIpc) is 3.19. The molecule has 11 nitrogen and oxygen atoms in total. The third-order valence-electron chi connectivity index (χ3n) is 13.1. The zero-order valence-corrected chi connectivity index (χ0v) is 35.6. The molecule has 57 heavy (non-hydrogen) atoms. The smallest absolute Gasteiger partial charge is 0.329 e. The Kier molecular flexibility index (Phi) is 17.9. The number of ether oxygens (including phenoxy) is 3. The van der Waals surface area contributed by atoms with Crippen molar-refractivity contribution in [2.75, 3.05) is 13.7 Å². The molecule has 1 saturated carbocycles. The van der Waals surface area contributed by atoms with E-state index in [1.165, 1.54) is 4.90 Å². The average molecular weight is 798 g/mol. The molecule has 10 atom stereocenters. The fourth-order valence-electron chi connectivity index (χ4n) is 8.99. The van der Waals surface area contributed by atoms with E-state index in [9.17, 15) is 34.5 Å². The highest BCUT2D eigenvalue weighted by molar-refractivity contribution is 6.39. The fraction of sp³-hybridized carbons (Fsp3) is 0.739. The number of amides is 1. The number of aliphatic hydroxyl groups excluding tert-OH is 2. The van der Waals surface area contributed by atoms with Crippen molar-refractivity contribution in [3.63, 3.8) is 0 Å². The van der Waals surface area contributed by atoms with Crippen molar-refractivity contribution in [1.29, 1.82) is 0 Å². The second-order valence-electron chi connectivity index (χ2n) is 17.7. The number of aliphatic hydroxyl groups is 3. The van der Waals surface area contributed by atoms with Gasteiger partial charge in [-0.15, -0.1) is 0 Å². The SMILES string of the molecule is CO[C@@H]1C[C@@H]2CC[C@@H](C)[C@@](O)(O2)C(=O)C(=O)N2CCCC[C@H]2C(=O)OC([C@H](C)CC2CCC(O)CC2)C/C=C(\C)[C@@H](O)CC(=O)[C@H](C)C[C@H](C)/C=C/C=C/C=C/1C. The number of carbonyl (C=O) groups excluding carboxylic acids is 4. The standard InChI is InChI=1S/C46H71NO10/c1-29-13-9-8-10-14-31(3)42(55-7)27-37-22-17-34(6)46(54,57-37)43(51)44(52)47-24-12-11-15-38(47)45(53)56-41(33(5)26-35-18-20-36(48)21-19-35)23-16-30(2)39(49)28-40(50)32(4)25-29/h8-10,13-14,16,29,32-39,41-42,48-49,54H,11-12,15,17-28H2,1-7H3/b10-8+,13-9+,30-16+,31-14+/t29-,32-,33-,34-,35?,36?,37+,38+,39+,41?,42-,46-/m1/s1. The van der Waals surface area contributed by atoms with E-state index >= 15 is 0 Å². The summed E-state index contributed by atoms with van der Waals surface area (Å²) in [6, 6.07) is -1.01. The van der Waals surface area contributed by atoms with Crippen LogP contribution >= 0.6 is 0 Å². The molecule has 0 aromatic heterocycles. The number of allylic oxidation sites excluding steroid dienone is 5. The van der Waals surface area contributed by atoms with Crippen LogP contribution in [0.15, 0.2) is 47.6 Å².